The van der Waals surface area contributed by atoms with E-state index < -0.39 is 0 Å². The summed E-state index contributed by atoms with van der Waals surface area (Å²) in [6.07, 6.45) is 4.36. The fourth-order valence-electron chi connectivity index (χ4n) is 4.01. The molecule has 0 unspecified atom stereocenters. The lowest BCUT2D eigenvalue weighted by atomic mass is 10.1. The van der Waals surface area contributed by atoms with Gasteiger partial charge in [0, 0.05) is 49.7 Å². The molecule has 3 amide bonds. The van der Waals surface area contributed by atoms with E-state index in [1.165, 1.54) is 0 Å². The third kappa shape index (κ3) is 8.04. The predicted molar refractivity (Wildman–Crippen MR) is 153 cm³/mol. The van der Waals surface area contributed by atoms with E-state index in [0.29, 0.717) is 30.0 Å². The molecule has 3 heterocycles. The highest BCUT2D eigenvalue weighted by Gasteiger charge is 2.19. The third-order valence-corrected chi connectivity index (χ3v) is 6.61. The number of likely N-dealkylation sites (tertiary alicyclic amines) is 1. The molecule has 10 heteroatoms. The second-order valence-electron chi connectivity index (χ2n) is 9.16. The maximum Gasteiger partial charge on any atom is 0.317 e. The molecule has 0 spiro atoms. The molecule has 37 heavy (non-hydrogen) atoms. The molecule has 1 aliphatic heterocycles. The van der Waals surface area contributed by atoms with Crippen LogP contribution in [0.15, 0.2) is 36.0 Å². The molecule has 1 aliphatic rings. The van der Waals surface area contributed by atoms with E-state index in [1.807, 2.05) is 69.3 Å². The number of benzene rings is 1. The minimum Gasteiger partial charge on any atom is -0.382 e. The number of hydrogen-bond acceptors (Lipinski definition) is 7. The number of urea groups is 1. The van der Waals surface area contributed by atoms with Crippen LogP contribution >= 0.6 is 11.3 Å². The van der Waals surface area contributed by atoms with Crippen molar-refractivity contribution in [2.45, 2.75) is 66.0 Å². The van der Waals surface area contributed by atoms with Gasteiger partial charge in [-0.1, -0.05) is 13.8 Å². The molecule has 200 valence electrons. The van der Waals surface area contributed by atoms with Crippen LogP contribution in [0, 0.1) is 0 Å². The molecule has 1 atom stereocenters. The molecular weight excluding hydrogens is 486 g/mol. The van der Waals surface area contributed by atoms with Gasteiger partial charge in [-0.3, -0.25) is 4.79 Å². The van der Waals surface area contributed by atoms with Gasteiger partial charge in [0.25, 0.3) is 5.91 Å². The number of nitrogens with one attached hydrogen (secondary N) is 4. The van der Waals surface area contributed by atoms with Crippen LogP contribution in [0.2, 0.25) is 0 Å². The Balaban J connectivity index is 0.00000186. The Kier molecular flexibility index (Phi) is 10.5. The van der Waals surface area contributed by atoms with Gasteiger partial charge in [-0.15, -0.1) is 11.3 Å². The molecule has 2 aromatic heterocycles. The summed E-state index contributed by atoms with van der Waals surface area (Å²) in [5, 5.41) is 12.6. The number of carbonyl (C=O) groups excluding carboxylic acids is 2. The third-order valence-electron chi connectivity index (χ3n) is 5.82. The Hall–Kier alpha value is -3.40. The monoisotopic (exact) mass is 525 g/mol. The Labute approximate surface area is 223 Å². The number of hydrogen-bond donors (Lipinski definition) is 4. The largest absolute Gasteiger partial charge is 0.382 e. The number of anilines is 3. The minimum absolute atomic E-state index is 0.0217. The molecule has 0 saturated carbocycles. The van der Waals surface area contributed by atoms with E-state index in [2.05, 4.69) is 31.2 Å². The zero-order valence-corrected chi connectivity index (χ0v) is 23.2. The van der Waals surface area contributed by atoms with Crippen molar-refractivity contribution in [3.05, 3.63) is 41.5 Å². The molecule has 3 aromatic rings. The van der Waals surface area contributed by atoms with E-state index in [9.17, 15) is 9.59 Å². The second-order valence-corrected chi connectivity index (χ2v) is 10.0. The van der Waals surface area contributed by atoms with Gasteiger partial charge in [-0.2, -0.15) is 0 Å². The molecule has 0 bridgehead atoms. The Bertz CT molecular complexity index is 1170. The fourth-order valence-corrected chi connectivity index (χ4v) is 4.72. The van der Waals surface area contributed by atoms with Crippen LogP contribution in [0.4, 0.5) is 22.0 Å². The van der Waals surface area contributed by atoms with Crippen LogP contribution < -0.4 is 21.3 Å². The van der Waals surface area contributed by atoms with Crippen molar-refractivity contribution in [3.63, 3.8) is 0 Å². The molecule has 9 nitrogen and oxygen atoms in total. The van der Waals surface area contributed by atoms with Gasteiger partial charge in [-0.25, -0.2) is 14.8 Å². The molecule has 0 radical (unpaired) electrons. The first-order chi connectivity index (χ1) is 17.9. The van der Waals surface area contributed by atoms with Crippen molar-refractivity contribution in [1.29, 1.82) is 0 Å². The molecule has 4 N–H and O–H groups in total. The molecule has 1 fully saturated rings. The number of rotatable bonds is 9. The lowest BCUT2D eigenvalue weighted by Gasteiger charge is -2.21. The Morgan fingerprint density at radius 1 is 1.08 bits per heavy atom. The Morgan fingerprint density at radius 3 is 2.57 bits per heavy atom. The van der Waals surface area contributed by atoms with Gasteiger partial charge in [0.15, 0.2) is 0 Å². The van der Waals surface area contributed by atoms with Crippen molar-refractivity contribution in [1.82, 2.24) is 25.5 Å². The van der Waals surface area contributed by atoms with Crippen molar-refractivity contribution < 1.29 is 9.59 Å². The molecule has 0 aliphatic carbocycles. The first kappa shape index (κ1) is 28.2. The van der Waals surface area contributed by atoms with Gasteiger partial charge in [0.2, 0.25) is 0 Å². The van der Waals surface area contributed by atoms with Crippen LogP contribution in [0.1, 0.15) is 64.2 Å². The number of pyridine rings is 1. The van der Waals surface area contributed by atoms with E-state index in [-0.39, 0.29) is 24.0 Å². The van der Waals surface area contributed by atoms with Crippen LogP contribution in [-0.2, 0) is 0 Å². The van der Waals surface area contributed by atoms with Crippen molar-refractivity contribution in [3.8, 4) is 0 Å². The number of amides is 3. The highest BCUT2D eigenvalue weighted by atomic mass is 32.1. The number of thiazole rings is 1. The quantitative estimate of drug-likeness (QED) is 0.290. The summed E-state index contributed by atoms with van der Waals surface area (Å²) in [6, 6.07) is 7.91. The summed E-state index contributed by atoms with van der Waals surface area (Å²) in [7, 11) is 0. The van der Waals surface area contributed by atoms with Gasteiger partial charge in [-0.05, 0) is 58.2 Å². The topological polar surface area (TPSA) is 111 Å². The number of aromatic nitrogens is 2. The minimum atomic E-state index is -0.198. The lowest BCUT2D eigenvalue weighted by Crippen LogP contribution is -2.43. The standard InChI is InChI=1S/C25H33N7O2S.C2H6/c1-16(2)29-21-13-23(31-18-6-7-20-22(12-18)35-15-28-20)27-14-19(21)24(33)26-9-8-17(3)30-25(34)32-10-4-5-11-32;1-2/h6-7,12-17H,4-5,8-11H2,1-3H3,(H,26,33)(H,30,34)(H2,27,29,31);1-2H3/t17-;/m1./s1. The maximum absolute atomic E-state index is 12.9. The van der Waals surface area contributed by atoms with Crippen molar-refractivity contribution in [2.24, 2.45) is 0 Å². The molecule has 4 rings (SSSR count). The lowest BCUT2D eigenvalue weighted by molar-refractivity contribution is 0.0953. The average Bonchev–Trinajstić information content (AvgIpc) is 3.57. The number of nitrogens with zero attached hydrogens (tertiary/aromatic N) is 3. The predicted octanol–water partition coefficient (Wildman–Crippen LogP) is 5.60. The summed E-state index contributed by atoms with van der Waals surface area (Å²) in [6.45, 7) is 12.1. The molecule has 1 aromatic carbocycles. The van der Waals surface area contributed by atoms with Gasteiger partial charge < -0.3 is 26.2 Å². The van der Waals surface area contributed by atoms with E-state index >= 15 is 0 Å². The highest BCUT2D eigenvalue weighted by Crippen LogP contribution is 2.26. The fraction of sp³-hybridized carbons (Fsp3) is 0.481. The van der Waals surface area contributed by atoms with Crippen molar-refractivity contribution in [2.75, 3.05) is 30.3 Å². The summed E-state index contributed by atoms with van der Waals surface area (Å²) in [5.41, 5.74) is 4.90. The van der Waals surface area contributed by atoms with Crippen LogP contribution in [-0.4, -0.2) is 58.5 Å². The number of fused-ring (bicyclic) bond motifs is 1. The highest BCUT2D eigenvalue weighted by molar-refractivity contribution is 7.16. The second kappa shape index (κ2) is 13.8. The zero-order valence-electron chi connectivity index (χ0n) is 22.4. The van der Waals surface area contributed by atoms with Gasteiger partial charge >= 0.3 is 6.03 Å². The molecule has 1 saturated heterocycles. The van der Waals surface area contributed by atoms with Gasteiger partial charge in [0.1, 0.15) is 5.82 Å². The maximum atomic E-state index is 12.9. The number of carbonyl (C=O) groups is 2. The van der Waals surface area contributed by atoms with Crippen LogP contribution in [0.5, 0.6) is 0 Å². The van der Waals surface area contributed by atoms with E-state index in [0.717, 1.165) is 41.8 Å². The van der Waals surface area contributed by atoms with Crippen LogP contribution in [0.25, 0.3) is 10.2 Å². The Morgan fingerprint density at radius 2 is 1.84 bits per heavy atom. The van der Waals surface area contributed by atoms with Crippen molar-refractivity contribution >= 4 is 50.7 Å². The summed E-state index contributed by atoms with van der Waals surface area (Å²) >= 11 is 1.59. The molecular formula is C27H39N7O2S. The first-order valence-corrected chi connectivity index (χ1v) is 14.0. The summed E-state index contributed by atoms with van der Waals surface area (Å²) in [5.74, 6) is 0.447. The first-order valence-electron chi connectivity index (χ1n) is 13.1. The zero-order chi connectivity index (χ0) is 26.8. The SMILES string of the molecule is CC.CC(C)Nc1cc(Nc2ccc3ncsc3c2)ncc1C(=O)NCC[C@@H](C)NC(=O)N1CCCC1. The van der Waals surface area contributed by atoms with E-state index in [4.69, 9.17) is 0 Å². The van der Waals surface area contributed by atoms with Gasteiger partial charge in [0.05, 0.1) is 27.0 Å². The normalized spacial score (nSPS) is 13.6. The smallest absolute Gasteiger partial charge is 0.317 e. The summed E-state index contributed by atoms with van der Waals surface area (Å²) < 4.78 is 1.09. The van der Waals surface area contributed by atoms with E-state index in [1.54, 1.807) is 17.5 Å². The van der Waals surface area contributed by atoms with Crippen LogP contribution in [0.3, 0.4) is 0 Å². The average molecular weight is 526 g/mol. The summed E-state index contributed by atoms with van der Waals surface area (Å²) in [4.78, 5) is 35.8.